The van der Waals surface area contributed by atoms with Crippen molar-refractivity contribution in [1.29, 1.82) is 0 Å². The normalized spacial score (nSPS) is 22.8. The third-order valence-electron chi connectivity index (χ3n) is 6.37. The lowest BCUT2D eigenvalue weighted by atomic mass is 10.1. The van der Waals surface area contributed by atoms with Gasteiger partial charge in [-0.25, -0.2) is 0 Å². The number of fused-ring (bicyclic) bond motifs is 2. The van der Waals surface area contributed by atoms with Crippen LogP contribution in [0.3, 0.4) is 0 Å². The summed E-state index contributed by atoms with van der Waals surface area (Å²) in [6.07, 6.45) is 7.94. The van der Waals surface area contributed by atoms with E-state index in [0.717, 1.165) is 49.4 Å². The monoisotopic (exact) mass is 383 g/mol. The molecular formula is C25H25N3O. The Morgan fingerprint density at radius 3 is 2.72 bits per heavy atom. The molecule has 4 heteroatoms. The predicted molar refractivity (Wildman–Crippen MR) is 118 cm³/mol. The number of anilines is 1. The molecule has 29 heavy (non-hydrogen) atoms. The Kier molecular flexibility index (Phi) is 4.76. The van der Waals surface area contributed by atoms with Crippen LogP contribution in [0.2, 0.25) is 0 Å². The van der Waals surface area contributed by atoms with Crippen LogP contribution in [0.5, 0.6) is 0 Å². The molecule has 3 atom stereocenters. The number of aromatic nitrogens is 1. The van der Waals surface area contributed by atoms with Gasteiger partial charge in [-0.1, -0.05) is 42.5 Å². The number of benzene rings is 2. The van der Waals surface area contributed by atoms with Crippen molar-refractivity contribution in [3.63, 3.8) is 0 Å². The van der Waals surface area contributed by atoms with Crippen LogP contribution in [0.4, 0.5) is 5.69 Å². The van der Waals surface area contributed by atoms with E-state index < -0.39 is 0 Å². The van der Waals surface area contributed by atoms with Gasteiger partial charge in [-0.15, -0.1) is 0 Å². The lowest BCUT2D eigenvalue weighted by molar-refractivity contribution is -0.116. The molecule has 2 fully saturated rings. The molecular weight excluding hydrogens is 358 g/mol. The quantitative estimate of drug-likeness (QED) is 0.651. The molecule has 4 nitrogen and oxygen atoms in total. The Hall–Kier alpha value is -3.14. The minimum atomic E-state index is -0.0305. The van der Waals surface area contributed by atoms with Crippen molar-refractivity contribution in [2.24, 2.45) is 17.8 Å². The van der Waals surface area contributed by atoms with Gasteiger partial charge in [0.2, 0.25) is 5.91 Å². The first-order valence-electron chi connectivity index (χ1n) is 10.4. The average molecular weight is 383 g/mol. The fourth-order valence-electron chi connectivity index (χ4n) is 4.83. The minimum Gasteiger partial charge on any atom is -0.370 e. The van der Waals surface area contributed by atoms with E-state index in [0.29, 0.717) is 0 Å². The topological polar surface area (TPSA) is 45.2 Å². The maximum Gasteiger partial charge on any atom is 0.244 e. The third kappa shape index (κ3) is 3.75. The minimum absolute atomic E-state index is 0.0305. The van der Waals surface area contributed by atoms with Crippen molar-refractivity contribution in [2.45, 2.75) is 6.42 Å². The Morgan fingerprint density at radius 2 is 1.90 bits per heavy atom. The molecule has 146 valence electrons. The van der Waals surface area contributed by atoms with E-state index in [-0.39, 0.29) is 5.91 Å². The van der Waals surface area contributed by atoms with Crippen LogP contribution in [0, 0.1) is 17.8 Å². The predicted octanol–water partition coefficient (Wildman–Crippen LogP) is 4.14. The van der Waals surface area contributed by atoms with Gasteiger partial charge in [0.15, 0.2) is 0 Å². The summed E-state index contributed by atoms with van der Waals surface area (Å²) in [6, 6.07) is 19.0. The van der Waals surface area contributed by atoms with Crippen LogP contribution in [-0.2, 0) is 4.79 Å². The molecule has 5 rings (SSSR count). The van der Waals surface area contributed by atoms with Crippen LogP contribution in [-0.4, -0.2) is 30.5 Å². The molecule has 1 aliphatic carbocycles. The third-order valence-corrected chi connectivity index (χ3v) is 6.37. The van der Waals surface area contributed by atoms with Crippen molar-refractivity contribution in [2.75, 3.05) is 24.5 Å². The van der Waals surface area contributed by atoms with E-state index in [2.05, 4.69) is 57.7 Å². The van der Waals surface area contributed by atoms with Gasteiger partial charge in [0.05, 0.1) is 0 Å². The molecule has 0 radical (unpaired) electrons. The van der Waals surface area contributed by atoms with E-state index in [9.17, 15) is 4.79 Å². The van der Waals surface area contributed by atoms with Crippen molar-refractivity contribution in [3.8, 4) is 0 Å². The summed E-state index contributed by atoms with van der Waals surface area (Å²) in [5.41, 5.74) is 2.30. The van der Waals surface area contributed by atoms with Gasteiger partial charge in [-0.2, -0.15) is 0 Å². The maximum absolute atomic E-state index is 12.0. The molecule has 1 saturated carbocycles. The van der Waals surface area contributed by atoms with Crippen molar-refractivity contribution in [1.82, 2.24) is 10.3 Å². The van der Waals surface area contributed by atoms with Gasteiger partial charge in [-0.05, 0) is 53.3 Å². The van der Waals surface area contributed by atoms with Crippen molar-refractivity contribution >= 4 is 28.4 Å². The van der Waals surface area contributed by atoms with Gasteiger partial charge in [0.25, 0.3) is 0 Å². The molecule has 0 bridgehead atoms. The summed E-state index contributed by atoms with van der Waals surface area (Å²) >= 11 is 0. The highest BCUT2D eigenvalue weighted by Crippen LogP contribution is 2.54. The first-order valence-corrected chi connectivity index (χ1v) is 10.4. The zero-order valence-corrected chi connectivity index (χ0v) is 16.4. The summed E-state index contributed by atoms with van der Waals surface area (Å²) in [5, 5.41) is 5.68. The molecule has 1 amide bonds. The highest BCUT2D eigenvalue weighted by Gasteiger charge is 2.54. The first kappa shape index (κ1) is 17.9. The van der Waals surface area contributed by atoms with E-state index in [1.54, 1.807) is 24.5 Å². The molecule has 3 aromatic rings. The van der Waals surface area contributed by atoms with Crippen LogP contribution >= 0.6 is 0 Å². The van der Waals surface area contributed by atoms with E-state index in [1.807, 2.05) is 12.1 Å². The molecule has 1 unspecified atom stereocenters. The second-order valence-electron chi connectivity index (χ2n) is 8.09. The Morgan fingerprint density at radius 1 is 1.07 bits per heavy atom. The van der Waals surface area contributed by atoms with Gasteiger partial charge >= 0.3 is 0 Å². The highest BCUT2D eigenvalue weighted by atomic mass is 16.1. The molecule has 1 aromatic heterocycles. The molecule has 0 spiro atoms. The number of pyridine rings is 1. The van der Waals surface area contributed by atoms with Crippen LogP contribution in [0.25, 0.3) is 16.8 Å². The average Bonchev–Trinajstić information content (AvgIpc) is 3.21. The Bertz CT molecular complexity index is 1030. The van der Waals surface area contributed by atoms with Crippen LogP contribution in [0.15, 0.2) is 73.1 Å². The second kappa shape index (κ2) is 7.70. The van der Waals surface area contributed by atoms with Crippen molar-refractivity contribution in [3.05, 3.63) is 78.6 Å². The number of carbonyl (C=O) groups excluding carboxylic acids is 1. The number of hydrogen-bond acceptors (Lipinski definition) is 3. The zero-order valence-electron chi connectivity index (χ0n) is 16.4. The van der Waals surface area contributed by atoms with Gasteiger partial charge in [0.1, 0.15) is 0 Å². The fraction of sp³-hybridized carbons (Fsp3) is 0.280. The number of hydrogen-bond donors (Lipinski definition) is 1. The largest absolute Gasteiger partial charge is 0.370 e. The summed E-state index contributed by atoms with van der Waals surface area (Å²) in [7, 11) is 0. The van der Waals surface area contributed by atoms with Gasteiger partial charge < -0.3 is 10.2 Å². The summed E-state index contributed by atoms with van der Waals surface area (Å²) in [5.74, 6) is 2.27. The summed E-state index contributed by atoms with van der Waals surface area (Å²) in [4.78, 5) is 18.6. The zero-order chi connectivity index (χ0) is 19.6. The smallest absolute Gasteiger partial charge is 0.244 e. The maximum atomic E-state index is 12.0. The molecule has 2 aliphatic rings. The molecule has 1 saturated heterocycles. The van der Waals surface area contributed by atoms with E-state index in [4.69, 9.17) is 0 Å². The number of piperidine rings is 1. The number of nitrogens with zero attached hydrogens (tertiary/aromatic N) is 2. The fourth-order valence-corrected chi connectivity index (χ4v) is 4.83. The molecule has 1 N–H and O–H groups in total. The van der Waals surface area contributed by atoms with Crippen LogP contribution < -0.4 is 10.2 Å². The summed E-state index contributed by atoms with van der Waals surface area (Å²) in [6.45, 7) is 3.03. The highest BCUT2D eigenvalue weighted by molar-refractivity contribution is 5.94. The number of nitrogens with one attached hydrogen (secondary N) is 1. The van der Waals surface area contributed by atoms with Crippen LogP contribution in [0.1, 0.15) is 12.0 Å². The SMILES string of the molecule is O=C(/C=C/c1cccnc1)NCCC1[C@H]2CN(c3cccc4ccccc34)C[C@@H]12. The number of carbonyl (C=O) groups is 1. The van der Waals surface area contributed by atoms with Crippen molar-refractivity contribution < 1.29 is 4.79 Å². The Labute approximate surface area is 171 Å². The lowest BCUT2D eigenvalue weighted by Crippen LogP contribution is -2.26. The molecule has 2 aromatic carbocycles. The molecule has 2 heterocycles. The van der Waals surface area contributed by atoms with E-state index >= 15 is 0 Å². The van der Waals surface area contributed by atoms with E-state index in [1.165, 1.54) is 16.5 Å². The van der Waals surface area contributed by atoms with Gasteiger partial charge in [-0.3, -0.25) is 9.78 Å². The van der Waals surface area contributed by atoms with Gasteiger partial charge in [0, 0.05) is 49.2 Å². The lowest BCUT2D eigenvalue weighted by Gasteiger charge is -2.23. The first-order chi connectivity index (χ1) is 14.3. The summed E-state index contributed by atoms with van der Waals surface area (Å²) < 4.78 is 0. The second-order valence-corrected chi connectivity index (χ2v) is 8.09. The molecule has 1 aliphatic heterocycles. The standard InChI is InChI=1S/C25H25N3O/c29-25(11-10-18-5-4-13-26-15-18)27-14-12-21-22-16-28(17-23(21)22)24-9-3-7-19-6-1-2-8-20(19)24/h1-11,13,15,21-23H,12,14,16-17H2,(H,27,29)/b11-10+/t21?,22-,23+. The number of rotatable bonds is 6. The number of amides is 1. The Balaban J connectivity index is 1.10.